The van der Waals surface area contributed by atoms with Gasteiger partial charge in [-0.2, -0.15) is 8.62 Å². The third-order valence-corrected chi connectivity index (χ3v) is 15.6. The lowest BCUT2D eigenvalue weighted by atomic mass is 10.1. The summed E-state index contributed by atoms with van der Waals surface area (Å²) in [5, 5.41) is 30.3. The van der Waals surface area contributed by atoms with Gasteiger partial charge in [-0.15, -0.1) is 11.3 Å². The molecule has 0 bridgehead atoms. The van der Waals surface area contributed by atoms with E-state index in [4.69, 9.17) is 23.7 Å². The molecular weight excluding hydrogens is 1070 g/mol. The molecule has 0 spiro atoms. The number of ether oxygens (including phenoxy) is 2. The Bertz CT molecular complexity index is 3280. The van der Waals surface area contributed by atoms with Crippen molar-refractivity contribution in [1.29, 1.82) is 0 Å². The Hall–Kier alpha value is -5.14. The van der Waals surface area contributed by atoms with Crippen LogP contribution in [0.15, 0.2) is 78.4 Å². The third kappa shape index (κ3) is 15.9. The predicted molar refractivity (Wildman–Crippen MR) is 248 cm³/mol. The van der Waals surface area contributed by atoms with Gasteiger partial charge in [-0.25, -0.2) is 36.7 Å². The monoisotopic (exact) mass is 1110 g/mol. The topological polar surface area (TPSA) is 444 Å². The first-order valence-electron chi connectivity index (χ1n) is 20.9. The van der Waals surface area contributed by atoms with Crippen molar-refractivity contribution < 1.29 is 93.1 Å². The van der Waals surface area contributed by atoms with Crippen molar-refractivity contribution in [3.8, 4) is 16.3 Å². The van der Waals surface area contributed by atoms with Gasteiger partial charge in [-0.3, -0.25) is 28.5 Å². The number of H-pyrrole nitrogens is 1. The Kier molecular flexibility index (Phi) is 18.6. The van der Waals surface area contributed by atoms with Crippen LogP contribution in [0, 0.1) is 0 Å². The number of benzene rings is 2. The van der Waals surface area contributed by atoms with Crippen LogP contribution < -0.4 is 37.6 Å². The van der Waals surface area contributed by atoms with E-state index >= 15 is 0 Å². The molecule has 29 nitrogen and oxygen atoms in total. The van der Waals surface area contributed by atoms with E-state index in [0.717, 1.165) is 23.6 Å². The molecule has 3 aromatic heterocycles. The average molecular weight is 1110 g/mol. The molecule has 1 fully saturated rings. The van der Waals surface area contributed by atoms with Gasteiger partial charge in [0.1, 0.15) is 51.4 Å². The zero-order valence-electron chi connectivity index (χ0n) is 36.8. The number of rotatable bonds is 25. The van der Waals surface area contributed by atoms with E-state index in [1.54, 1.807) is 24.3 Å². The molecule has 72 heavy (non-hydrogen) atoms. The molecule has 0 radical (unpaired) electrons. The Morgan fingerprint density at radius 2 is 1.64 bits per heavy atom. The van der Waals surface area contributed by atoms with Crippen molar-refractivity contribution in [2.45, 2.75) is 55.1 Å². The van der Waals surface area contributed by atoms with Crippen LogP contribution in [-0.4, -0.2) is 127 Å². The van der Waals surface area contributed by atoms with Gasteiger partial charge in [0.15, 0.2) is 6.23 Å². The number of phosphoric acid groups is 3. The molecule has 6 atom stereocenters. The van der Waals surface area contributed by atoms with Crippen LogP contribution in [0.1, 0.15) is 37.5 Å². The summed E-state index contributed by atoms with van der Waals surface area (Å²) in [5.41, 5.74) is -1.98. The zero-order valence-corrected chi connectivity index (χ0v) is 41.1. The fourth-order valence-electron chi connectivity index (χ4n) is 6.64. The van der Waals surface area contributed by atoms with E-state index in [1.807, 2.05) is 4.98 Å². The molecular formula is C38H44N6O23P3S2-. The molecule has 2 unspecified atom stereocenters. The number of aliphatic hydroxyl groups is 2. The maximum atomic E-state index is 12.8. The maximum absolute atomic E-state index is 12.8. The second kappa shape index (κ2) is 23.8. The highest BCUT2D eigenvalue weighted by Crippen LogP contribution is 2.66. The van der Waals surface area contributed by atoms with Gasteiger partial charge in [-0.1, -0.05) is 12.2 Å². The number of aliphatic hydroxyl groups excluding tert-OH is 2. The molecule has 0 saturated carbocycles. The highest BCUT2D eigenvalue weighted by atomic mass is 32.2. The summed E-state index contributed by atoms with van der Waals surface area (Å²) in [6.45, 7) is 0.213. The lowest BCUT2D eigenvalue weighted by molar-refractivity contribution is -0.122. The SMILES string of the molecule is O=C(CCCNC(=O)CCCNCCOc1ccc2oc(=O)c(-c3nc4ccc(S(=O)(=O)[O-])cc4s3)cc2c1)NC/C=C/c1cn([C@@H]2O[C@H](COP(=O)(O)OP(=O)(O)OP(=O)(O)O)[C@@H](O)[C@H]2O)c(=O)[nH]c1=O. The van der Waals surface area contributed by atoms with Crippen molar-refractivity contribution in [2.75, 3.05) is 39.4 Å². The first-order valence-corrected chi connectivity index (χ1v) is 27.7. The number of nitrogens with one attached hydrogen (secondary N) is 4. The van der Waals surface area contributed by atoms with Crippen molar-refractivity contribution in [3.63, 3.8) is 0 Å². The van der Waals surface area contributed by atoms with Gasteiger partial charge in [0.05, 0.1) is 32.8 Å². The number of amides is 2. The molecule has 6 rings (SSSR count). The minimum atomic E-state index is -5.85. The highest BCUT2D eigenvalue weighted by molar-refractivity contribution is 7.85. The molecule has 34 heteroatoms. The van der Waals surface area contributed by atoms with Gasteiger partial charge in [0, 0.05) is 44.1 Å². The fourth-order valence-corrected chi connectivity index (χ4v) is 11.3. The third-order valence-electron chi connectivity index (χ3n) is 9.93. The molecule has 10 N–H and O–H groups in total. The van der Waals surface area contributed by atoms with Crippen molar-refractivity contribution in [2.24, 2.45) is 0 Å². The molecule has 5 aromatic rings. The van der Waals surface area contributed by atoms with Crippen LogP contribution in [-0.2, 0) is 51.3 Å². The molecule has 4 heterocycles. The second-order valence-electron chi connectivity index (χ2n) is 15.3. The number of thiazole rings is 1. The zero-order chi connectivity index (χ0) is 52.6. The van der Waals surface area contributed by atoms with E-state index in [2.05, 4.69) is 34.1 Å². The van der Waals surface area contributed by atoms with Gasteiger partial charge >= 0.3 is 34.8 Å². The second-order valence-corrected chi connectivity index (χ2v) is 22.1. The van der Waals surface area contributed by atoms with Crippen LogP contribution in [0.25, 0.3) is 37.8 Å². The highest BCUT2D eigenvalue weighted by Gasteiger charge is 2.47. The van der Waals surface area contributed by atoms with E-state index in [-0.39, 0.29) is 60.5 Å². The van der Waals surface area contributed by atoms with Gasteiger partial charge in [0.25, 0.3) is 5.56 Å². The quantitative estimate of drug-likeness (QED) is 0.0162. The molecule has 1 aliphatic rings. The largest absolute Gasteiger partial charge is 0.744 e. The van der Waals surface area contributed by atoms with E-state index in [9.17, 15) is 70.6 Å². The van der Waals surface area contributed by atoms with Crippen LogP contribution in [0.5, 0.6) is 5.75 Å². The van der Waals surface area contributed by atoms with Crippen molar-refractivity contribution in [1.82, 2.24) is 30.5 Å². The van der Waals surface area contributed by atoms with Gasteiger partial charge in [-0.05, 0) is 61.9 Å². The fraction of sp³-hybridized carbons (Fsp3) is 0.368. The lowest BCUT2D eigenvalue weighted by Crippen LogP contribution is -2.38. The van der Waals surface area contributed by atoms with Gasteiger partial charge in [0.2, 0.25) is 11.8 Å². The number of hydrogen-bond acceptors (Lipinski definition) is 22. The number of nitrogens with zero attached hydrogens (tertiary/aromatic N) is 2. The maximum Gasteiger partial charge on any atom is 0.490 e. The molecule has 392 valence electrons. The Morgan fingerprint density at radius 3 is 2.36 bits per heavy atom. The molecule has 2 aromatic carbocycles. The van der Waals surface area contributed by atoms with Crippen molar-refractivity contribution in [3.05, 3.63) is 91.6 Å². The Morgan fingerprint density at radius 1 is 0.917 bits per heavy atom. The minimum Gasteiger partial charge on any atom is -0.744 e. The Balaban J connectivity index is 0.851. The van der Waals surface area contributed by atoms with E-state index < -0.39 is 86.5 Å². The van der Waals surface area contributed by atoms with Gasteiger partial charge < -0.3 is 64.2 Å². The first kappa shape index (κ1) is 56.2. The standard InChI is InChI=1S/C38H45N6O23P3S2/c45-30(5-2-11-39-14-15-62-23-7-10-27-22(16-23)17-25(37(50)65-27)35-42-26-9-8-24(72(59,60)61)18-29(26)71-35)41-13-3-6-31(46)40-12-1-4-21-19-44(38(51)43-34(21)49)36-33(48)32(47)28(64-36)20-63-69(55,56)67-70(57,58)66-68(52,53)54/h1,4,7-10,16-19,28,32-33,36,39,47-48H,2-3,5-6,11-15,20H2,(H,40,46)(H,41,45)(H,55,56)(H,57,58)(H,43,49,51)(H2,52,53,54)(H,59,60,61)/p-1/b4-1+/t28-,32-,33-,36-/m1/s1. The summed E-state index contributed by atoms with van der Waals surface area (Å²) in [7, 11) is -21.8. The minimum absolute atomic E-state index is 0.0422. The summed E-state index contributed by atoms with van der Waals surface area (Å²) in [5.74, 6) is -0.117. The smallest absolute Gasteiger partial charge is 0.490 e. The summed E-state index contributed by atoms with van der Waals surface area (Å²) in [4.78, 5) is 105. The van der Waals surface area contributed by atoms with E-state index in [0.29, 0.717) is 57.4 Å². The van der Waals surface area contributed by atoms with Crippen LogP contribution >= 0.6 is 34.8 Å². The summed E-state index contributed by atoms with van der Waals surface area (Å²) >= 11 is 1.04. The van der Waals surface area contributed by atoms with Crippen molar-refractivity contribution >= 4 is 84.0 Å². The lowest BCUT2D eigenvalue weighted by Gasteiger charge is -2.19. The van der Waals surface area contributed by atoms with Crippen LogP contribution in [0.2, 0.25) is 0 Å². The number of aromatic nitrogens is 3. The number of phosphoric ester groups is 1. The molecule has 0 aliphatic carbocycles. The Labute approximate surface area is 408 Å². The number of aromatic amines is 1. The number of carbonyl (C=O) groups is 2. The first-order chi connectivity index (χ1) is 33.8. The van der Waals surface area contributed by atoms with E-state index in [1.165, 1.54) is 24.3 Å². The number of fused-ring (bicyclic) bond motifs is 2. The molecule has 1 saturated heterocycles. The predicted octanol–water partition coefficient (Wildman–Crippen LogP) is 0.261. The number of carbonyl (C=O) groups excluding carboxylic acids is 2. The summed E-state index contributed by atoms with van der Waals surface area (Å²) in [6.07, 6.45) is -2.72. The average Bonchev–Trinajstić information content (AvgIpc) is 3.83. The molecule has 1 aliphatic heterocycles. The van der Waals surface area contributed by atoms with Crippen LogP contribution in [0.4, 0.5) is 0 Å². The normalized spacial score (nSPS) is 19.1. The molecule has 2 amide bonds. The number of hydrogen-bond donors (Lipinski definition) is 10. The summed E-state index contributed by atoms with van der Waals surface area (Å²) < 4.78 is 98.1. The summed E-state index contributed by atoms with van der Waals surface area (Å²) in [6, 6.07) is 10.2. The van der Waals surface area contributed by atoms with Crippen LogP contribution in [0.3, 0.4) is 0 Å².